The van der Waals surface area contributed by atoms with Crippen molar-refractivity contribution in [2.75, 3.05) is 6.61 Å². The molecule has 0 bridgehead atoms. The monoisotopic (exact) mass is 684 g/mol. The van der Waals surface area contributed by atoms with Crippen LogP contribution in [0.5, 0.6) is 5.75 Å². The predicted octanol–water partition coefficient (Wildman–Crippen LogP) is 6.04. The van der Waals surface area contributed by atoms with E-state index in [1.54, 1.807) is 36.6 Å². The summed E-state index contributed by atoms with van der Waals surface area (Å²) in [7, 11) is 0. The van der Waals surface area contributed by atoms with Crippen molar-refractivity contribution in [2.45, 2.75) is 26.5 Å². The predicted molar refractivity (Wildman–Crippen MR) is 159 cm³/mol. The van der Waals surface area contributed by atoms with Gasteiger partial charge in [-0.05, 0) is 92.7 Å². The average Bonchev–Trinajstić information content (AvgIpc) is 3.23. The Bertz CT molecular complexity index is 1780. The molecule has 0 N–H and O–H groups in total. The second kappa shape index (κ2) is 12.0. The van der Waals surface area contributed by atoms with E-state index < -0.39 is 12.0 Å². The van der Waals surface area contributed by atoms with E-state index in [0.29, 0.717) is 35.3 Å². The van der Waals surface area contributed by atoms with Crippen molar-refractivity contribution < 1.29 is 18.7 Å². The molecular weight excluding hydrogens is 663 g/mol. The summed E-state index contributed by atoms with van der Waals surface area (Å²) in [5.41, 5.74) is 3.00. The zero-order valence-corrected chi connectivity index (χ0v) is 25.5. The van der Waals surface area contributed by atoms with Gasteiger partial charge < -0.3 is 9.47 Å². The van der Waals surface area contributed by atoms with Crippen LogP contribution in [0, 0.1) is 5.82 Å². The number of carbonyl (C=O) groups is 1. The Hall–Kier alpha value is -3.34. The van der Waals surface area contributed by atoms with Gasteiger partial charge in [-0.15, -0.1) is 0 Å². The third-order valence-corrected chi connectivity index (χ3v) is 8.41. The fourth-order valence-electron chi connectivity index (χ4n) is 4.43. The van der Waals surface area contributed by atoms with Crippen LogP contribution in [0.15, 0.2) is 96.7 Å². The molecule has 0 radical (unpaired) electrons. The molecule has 0 unspecified atom stereocenters. The number of aromatic nitrogens is 1. The molecule has 3 aromatic carbocycles. The molecule has 0 aliphatic carbocycles. The van der Waals surface area contributed by atoms with Crippen LogP contribution in [0.25, 0.3) is 6.08 Å². The van der Waals surface area contributed by atoms with Gasteiger partial charge in [0.25, 0.3) is 5.56 Å². The normalized spacial score (nSPS) is 15.0. The van der Waals surface area contributed by atoms with Crippen molar-refractivity contribution in [3.8, 4) is 5.75 Å². The molecule has 0 saturated carbocycles. The van der Waals surface area contributed by atoms with Gasteiger partial charge in [0.2, 0.25) is 0 Å². The van der Waals surface area contributed by atoms with Crippen molar-refractivity contribution in [1.82, 2.24) is 4.57 Å². The number of hydrogen-bond acceptors (Lipinski definition) is 6. The summed E-state index contributed by atoms with van der Waals surface area (Å²) < 4.78 is 27.9. The summed E-state index contributed by atoms with van der Waals surface area (Å²) in [4.78, 5) is 31.9. The fraction of sp³-hybridized carbons (Fsp3) is 0.167. The van der Waals surface area contributed by atoms with Gasteiger partial charge in [-0.2, -0.15) is 0 Å². The second-order valence-electron chi connectivity index (χ2n) is 8.94. The molecule has 0 saturated heterocycles. The number of benzene rings is 3. The van der Waals surface area contributed by atoms with Gasteiger partial charge in [0, 0.05) is 0 Å². The Morgan fingerprint density at radius 1 is 1.10 bits per heavy atom. The molecule has 0 amide bonds. The minimum absolute atomic E-state index is 0.217. The summed E-state index contributed by atoms with van der Waals surface area (Å²) in [5.74, 6) is -0.208. The van der Waals surface area contributed by atoms with Crippen LogP contribution in [0.3, 0.4) is 0 Å². The number of nitrogens with zero attached hydrogens (tertiary/aromatic N) is 2. The highest BCUT2D eigenvalue weighted by atomic mass is 79.9. The molecule has 1 atom stereocenters. The van der Waals surface area contributed by atoms with Crippen molar-refractivity contribution in [3.05, 3.63) is 129 Å². The van der Waals surface area contributed by atoms with Gasteiger partial charge in [-0.3, -0.25) is 9.36 Å². The molecule has 40 heavy (non-hydrogen) atoms. The summed E-state index contributed by atoms with van der Waals surface area (Å²) in [6.45, 7) is 3.99. The van der Waals surface area contributed by atoms with Crippen LogP contribution in [0.1, 0.15) is 36.6 Å². The topological polar surface area (TPSA) is 69.9 Å². The summed E-state index contributed by atoms with van der Waals surface area (Å²) in [6.07, 6.45) is 1.79. The molecule has 0 fully saturated rings. The van der Waals surface area contributed by atoms with Crippen molar-refractivity contribution in [3.63, 3.8) is 0 Å². The van der Waals surface area contributed by atoms with Gasteiger partial charge in [0.05, 0.1) is 37.4 Å². The molecule has 0 spiro atoms. The lowest BCUT2D eigenvalue weighted by atomic mass is 9.96. The molecule has 1 aromatic heterocycles. The molecule has 204 valence electrons. The van der Waals surface area contributed by atoms with Crippen LogP contribution < -0.4 is 19.6 Å². The zero-order valence-electron chi connectivity index (χ0n) is 21.5. The van der Waals surface area contributed by atoms with E-state index in [4.69, 9.17) is 9.47 Å². The quantitative estimate of drug-likeness (QED) is 0.223. The van der Waals surface area contributed by atoms with E-state index in [1.165, 1.54) is 23.5 Å². The summed E-state index contributed by atoms with van der Waals surface area (Å²) >= 11 is 8.39. The molecule has 2 heterocycles. The minimum atomic E-state index is -0.653. The number of esters is 1. The zero-order chi connectivity index (χ0) is 28.4. The van der Waals surface area contributed by atoms with Gasteiger partial charge in [-0.1, -0.05) is 53.8 Å². The van der Waals surface area contributed by atoms with Crippen molar-refractivity contribution >= 4 is 55.2 Å². The highest BCUT2D eigenvalue weighted by Crippen LogP contribution is 2.36. The highest BCUT2D eigenvalue weighted by Gasteiger charge is 2.33. The van der Waals surface area contributed by atoms with Crippen LogP contribution in [-0.2, 0) is 16.1 Å². The first-order chi connectivity index (χ1) is 19.3. The maximum Gasteiger partial charge on any atom is 0.338 e. The Kier molecular flexibility index (Phi) is 8.48. The van der Waals surface area contributed by atoms with Gasteiger partial charge in [-0.25, -0.2) is 14.2 Å². The van der Waals surface area contributed by atoms with Crippen LogP contribution in [-0.4, -0.2) is 17.1 Å². The Labute approximate surface area is 250 Å². The molecule has 1 aliphatic rings. The van der Waals surface area contributed by atoms with Crippen LogP contribution in [0.2, 0.25) is 0 Å². The first kappa shape index (κ1) is 28.2. The van der Waals surface area contributed by atoms with E-state index in [2.05, 4.69) is 36.9 Å². The number of halogens is 3. The summed E-state index contributed by atoms with van der Waals surface area (Å²) in [5, 5.41) is 0. The molecule has 5 rings (SSSR count). The lowest BCUT2D eigenvalue weighted by Gasteiger charge is -2.24. The minimum Gasteiger partial charge on any atom is -0.487 e. The van der Waals surface area contributed by atoms with Gasteiger partial charge in [0.15, 0.2) is 4.80 Å². The van der Waals surface area contributed by atoms with E-state index in [-0.39, 0.29) is 24.6 Å². The molecule has 1 aliphatic heterocycles. The Balaban J connectivity index is 1.54. The highest BCUT2D eigenvalue weighted by molar-refractivity contribution is 9.11. The average molecular weight is 686 g/mol. The number of thiazole rings is 1. The van der Waals surface area contributed by atoms with Crippen LogP contribution in [0.4, 0.5) is 4.39 Å². The van der Waals surface area contributed by atoms with Crippen molar-refractivity contribution in [2.24, 2.45) is 4.99 Å². The molecule has 6 nitrogen and oxygen atoms in total. The standard InChI is InChI=1S/C30H23Br2FN2O4S/c1-3-38-29(37)25-17(2)34-30-35(26(25)20-7-5-4-6-8-20)28(36)24(40-30)15-19-13-22(31)27(23(32)14-19)39-16-18-9-11-21(33)12-10-18/h4-15,26H,3,16H2,1-2H3/t26-/m1/s1. The van der Waals surface area contributed by atoms with E-state index in [0.717, 1.165) is 16.7 Å². The van der Waals surface area contributed by atoms with Crippen LogP contribution >= 0.6 is 43.2 Å². The lowest BCUT2D eigenvalue weighted by molar-refractivity contribution is -0.139. The number of carbonyl (C=O) groups excluding carboxylic acids is 1. The maximum atomic E-state index is 13.8. The number of allylic oxidation sites excluding steroid dienone is 1. The second-order valence-corrected chi connectivity index (χ2v) is 11.7. The van der Waals surface area contributed by atoms with Gasteiger partial charge in [0.1, 0.15) is 18.2 Å². The maximum absolute atomic E-state index is 13.8. The smallest absolute Gasteiger partial charge is 0.338 e. The van der Waals surface area contributed by atoms with E-state index in [9.17, 15) is 14.0 Å². The first-order valence-electron chi connectivity index (χ1n) is 12.4. The van der Waals surface area contributed by atoms with E-state index in [1.807, 2.05) is 42.5 Å². The Morgan fingerprint density at radius 2 is 1.77 bits per heavy atom. The molecule has 10 heteroatoms. The molecular formula is C30H23Br2FN2O4S. The largest absolute Gasteiger partial charge is 0.487 e. The Morgan fingerprint density at radius 3 is 2.42 bits per heavy atom. The number of rotatable bonds is 7. The number of ether oxygens (including phenoxy) is 2. The summed E-state index contributed by atoms with van der Waals surface area (Å²) in [6, 6.07) is 18.6. The number of hydrogen-bond donors (Lipinski definition) is 0. The molecule has 4 aromatic rings. The third kappa shape index (κ3) is 5.75. The first-order valence-corrected chi connectivity index (χ1v) is 14.8. The SMILES string of the molecule is CCOC(=O)C1=C(C)N=c2sc(=Cc3cc(Br)c(OCc4ccc(F)cc4)c(Br)c3)c(=O)n2[C@@H]1c1ccccc1. The van der Waals surface area contributed by atoms with E-state index >= 15 is 0 Å². The van der Waals surface area contributed by atoms with Crippen molar-refractivity contribution in [1.29, 1.82) is 0 Å². The fourth-order valence-corrected chi connectivity index (χ4v) is 6.93. The third-order valence-electron chi connectivity index (χ3n) is 6.25. The van der Waals surface area contributed by atoms with Gasteiger partial charge >= 0.3 is 5.97 Å². The lowest BCUT2D eigenvalue weighted by Crippen LogP contribution is -2.39. The number of fused-ring (bicyclic) bond motifs is 1.